The van der Waals surface area contributed by atoms with Crippen molar-refractivity contribution in [1.29, 1.82) is 5.26 Å². The Labute approximate surface area is 186 Å². The van der Waals surface area contributed by atoms with E-state index in [9.17, 15) is 18.0 Å². The molecular weight excluding hydrogens is 437 g/mol. The van der Waals surface area contributed by atoms with Gasteiger partial charge < -0.3 is 13.7 Å². The molecule has 1 unspecified atom stereocenters. The molecule has 0 saturated carbocycles. The molecule has 7 nitrogen and oxygen atoms in total. The average Bonchev–Trinajstić information content (AvgIpc) is 3.41. The number of hydrogen-bond acceptors (Lipinski definition) is 5. The van der Waals surface area contributed by atoms with Gasteiger partial charge in [-0.2, -0.15) is 18.4 Å². The van der Waals surface area contributed by atoms with Crippen LogP contribution in [0.5, 0.6) is 5.75 Å². The van der Waals surface area contributed by atoms with Gasteiger partial charge in [-0.15, -0.1) is 0 Å². The lowest BCUT2D eigenvalue weighted by molar-refractivity contribution is -0.137. The fourth-order valence-corrected chi connectivity index (χ4v) is 3.23. The monoisotopic (exact) mass is 454 g/mol. The van der Waals surface area contributed by atoms with E-state index in [1.807, 2.05) is 6.07 Å². The number of nitrogens with zero attached hydrogens (tertiary/aromatic N) is 3. The van der Waals surface area contributed by atoms with Crippen molar-refractivity contribution in [3.8, 4) is 11.8 Å². The van der Waals surface area contributed by atoms with Gasteiger partial charge in [0.15, 0.2) is 6.10 Å². The number of carbonyl (C=O) groups is 1. The molecule has 0 aliphatic heterocycles. The first-order valence-corrected chi connectivity index (χ1v) is 9.82. The summed E-state index contributed by atoms with van der Waals surface area (Å²) in [5.74, 6) is 0.342. The van der Waals surface area contributed by atoms with E-state index >= 15 is 0 Å². The summed E-state index contributed by atoms with van der Waals surface area (Å²) in [6, 6.07) is 14.9. The minimum atomic E-state index is -4.53. The third kappa shape index (κ3) is 4.82. The van der Waals surface area contributed by atoms with Crippen LogP contribution in [0.25, 0.3) is 11.0 Å². The summed E-state index contributed by atoms with van der Waals surface area (Å²) in [6.45, 7) is 1.65. The fourth-order valence-electron chi connectivity index (χ4n) is 3.23. The molecule has 33 heavy (non-hydrogen) atoms. The zero-order valence-corrected chi connectivity index (χ0v) is 17.3. The third-order valence-electron chi connectivity index (χ3n) is 4.85. The van der Waals surface area contributed by atoms with Crippen molar-refractivity contribution in [2.24, 2.45) is 0 Å². The molecule has 2 aromatic heterocycles. The van der Waals surface area contributed by atoms with Crippen LogP contribution in [0.2, 0.25) is 0 Å². The highest BCUT2D eigenvalue weighted by Crippen LogP contribution is 2.32. The van der Waals surface area contributed by atoms with Gasteiger partial charge in [-0.05, 0) is 55.5 Å². The molecule has 2 aromatic carbocycles. The van der Waals surface area contributed by atoms with Crippen LogP contribution in [0.4, 0.5) is 19.1 Å². The number of furan rings is 1. The molecule has 4 rings (SSSR count). The van der Waals surface area contributed by atoms with Gasteiger partial charge >= 0.3 is 6.18 Å². The van der Waals surface area contributed by atoms with Gasteiger partial charge in [0.25, 0.3) is 5.91 Å². The Balaban J connectivity index is 1.63. The van der Waals surface area contributed by atoms with Gasteiger partial charge in [0.05, 0.1) is 41.0 Å². The summed E-state index contributed by atoms with van der Waals surface area (Å²) >= 11 is 0. The molecule has 0 saturated heterocycles. The number of carbonyl (C=O) groups excluding carboxylic acids is 1. The van der Waals surface area contributed by atoms with E-state index in [0.29, 0.717) is 22.6 Å². The van der Waals surface area contributed by atoms with Crippen molar-refractivity contribution in [2.75, 3.05) is 5.32 Å². The highest BCUT2D eigenvalue weighted by Gasteiger charge is 2.31. The van der Waals surface area contributed by atoms with E-state index in [2.05, 4.69) is 10.3 Å². The Morgan fingerprint density at radius 2 is 2.06 bits per heavy atom. The van der Waals surface area contributed by atoms with Gasteiger partial charge in [-0.1, -0.05) is 6.07 Å². The van der Waals surface area contributed by atoms with Crippen molar-refractivity contribution in [1.82, 2.24) is 9.55 Å². The zero-order valence-electron chi connectivity index (χ0n) is 17.3. The SMILES string of the molecule is CC(Oc1cccc(C#N)c1)C(=O)Nc1nc2cc(C(F)(F)F)ccc2n1Cc1ccco1. The first-order valence-electron chi connectivity index (χ1n) is 9.82. The van der Waals surface area contributed by atoms with E-state index in [1.165, 1.54) is 25.3 Å². The van der Waals surface area contributed by atoms with E-state index in [4.69, 9.17) is 14.4 Å². The lowest BCUT2D eigenvalue weighted by Gasteiger charge is -2.15. The van der Waals surface area contributed by atoms with E-state index in [-0.39, 0.29) is 18.0 Å². The Morgan fingerprint density at radius 3 is 2.76 bits per heavy atom. The number of halogens is 3. The molecule has 4 aromatic rings. The van der Waals surface area contributed by atoms with E-state index < -0.39 is 23.8 Å². The normalized spacial score (nSPS) is 12.3. The number of benzene rings is 2. The molecule has 0 spiro atoms. The summed E-state index contributed by atoms with van der Waals surface area (Å²) in [4.78, 5) is 17.0. The minimum absolute atomic E-state index is 0.0481. The van der Waals surface area contributed by atoms with Gasteiger partial charge in [0.1, 0.15) is 11.5 Å². The maximum atomic E-state index is 13.1. The Kier molecular flexibility index (Phi) is 5.79. The molecule has 0 radical (unpaired) electrons. The molecule has 1 atom stereocenters. The van der Waals surface area contributed by atoms with Crippen molar-refractivity contribution in [2.45, 2.75) is 25.7 Å². The van der Waals surface area contributed by atoms with Crippen molar-refractivity contribution >= 4 is 22.9 Å². The van der Waals surface area contributed by atoms with Gasteiger partial charge in [0, 0.05) is 0 Å². The number of anilines is 1. The molecule has 0 fully saturated rings. The minimum Gasteiger partial charge on any atom is -0.481 e. The molecule has 0 aliphatic rings. The number of alkyl halides is 3. The highest BCUT2D eigenvalue weighted by molar-refractivity contribution is 5.94. The van der Waals surface area contributed by atoms with Crippen molar-refractivity contribution < 1.29 is 27.1 Å². The number of aromatic nitrogens is 2. The van der Waals surface area contributed by atoms with Gasteiger partial charge in [-0.3, -0.25) is 10.1 Å². The lowest BCUT2D eigenvalue weighted by Crippen LogP contribution is -2.31. The third-order valence-corrected chi connectivity index (χ3v) is 4.85. The van der Waals surface area contributed by atoms with Gasteiger partial charge in [-0.25, -0.2) is 4.98 Å². The molecule has 0 bridgehead atoms. The Hall–Kier alpha value is -4.26. The maximum absolute atomic E-state index is 13.1. The van der Waals surface area contributed by atoms with E-state index in [0.717, 1.165) is 12.1 Å². The molecule has 10 heteroatoms. The largest absolute Gasteiger partial charge is 0.481 e. The summed E-state index contributed by atoms with van der Waals surface area (Å²) in [5.41, 5.74) is -0.00242. The Bertz CT molecular complexity index is 1340. The fraction of sp³-hybridized carbons (Fsp3) is 0.174. The van der Waals surface area contributed by atoms with Crippen molar-refractivity contribution in [3.05, 3.63) is 77.7 Å². The summed E-state index contributed by atoms with van der Waals surface area (Å²) in [7, 11) is 0. The first kappa shape index (κ1) is 22.0. The number of nitrogens with one attached hydrogen (secondary N) is 1. The number of amides is 1. The van der Waals surface area contributed by atoms with Crippen LogP contribution in [0.1, 0.15) is 23.8 Å². The standard InChI is InChI=1S/C23H17F3N4O3/c1-14(33-17-5-2-4-15(10-17)12-27)21(31)29-22-28-19-11-16(23(24,25)26)7-8-20(19)30(22)13-18-6-3-9-32-18/h2-11,14H,13H2,1H3,(H,28,29,31). The predicted octanol–water partition coefficient (Wildman–Crippen LogP) is 4.97. The summed E-state index contributed by atoms with van der Waals surface area (Å²) < 4.78 is 52.0. The van der Waals surface area contributed by atoms with Crippen LogP contribution in [0.15, 0.2) is 65.3 Å². The van der Waals surface area contributed by atoms with Crippen LogP contribution in [-0.4, -0.2) is 21.6 Å². The van der Waals surface area contributed by atoms with Crippen LogP contribution >= 0.6 is 0 Å². The van der Waals surface area contributed by atoms with E-state index in [1.54, 1.807) is 34.9 Å². The number of fused-ring (bicyclic) bond motifs is 1. The molecule has 1 N–H and O–H groups in total. The molecule has 168 valence electrons. The topological polar surface area (TPSA) is 93.1 Å². The number of imidazole rings is 1. The predicted molar refractivity (Wildman–Crippen MR) is 112 cm³/mol. The van der Waals surface area contributed by atoms with Crippen LogP contribution in [0.3, 0.4) is 0 Å². The molecular formula is C23H17F3N4O3. The Morgan fingerprint density at radius 1 is 1.24 bits per heavy atom. The lowest BCUT2D eigenvalue weighted by atomic mass is 10.2. The second-order valence-corrected chi connectivity index (χ2v) is 7.19. The quantitative estimate of drug-likeness (QED) is 0.444. The number of nitriles is 1. The highest BCUT2D eigenvalue weighted by atomic mass is 19.4. The maximum Gasteiger partial charge on any atom is 0.416 e. The van der Waals surface area contributed by atoms with Crippen molar-refractivity contribution in [3.63, 3.8) is 0 Å². The van der Waals surface area contributed by atoms with Gasteiger partial charge in [0.2, 0.25) is 5.95 Å². The first-order chi connectivity index (χ1) is 15.7. The molecule has 2 heterocycles. The smallest absolute Gasteiger partial charge is 0.416 e. The van der Waals surface area contributed by atoms with Crippen LogP contribution in [-0.2, 0) is 17.5 Å². The molecule has 0 aliphatic carbocycles. The van der Waals surface area contributed by atoms with Crippen LogP contribution < -0.4 is 10.1 Å². The number of ether oxygens (including phenoxy) is 1. The summed E-state index contributed by atoms with van der Waals surface area (Å²) in [6.07, 6.45) is -4.02. The summed E-state index contributed by atoms with van der Waals surface area (Å²) in [5, 5.41) is 11.6. The second kappa shape index (κ2) is 8.70. The van der Waals surface area contributed by atoms with Crippen LogP contribution in [0, 0.1) is 11.3 Å². The number of rotatable bonds is 6. The number of hydrogen-bond donors (Lipinski definition) is 1. The second-order valence-electron chi connectivity index (χ2n) is 7.19. The average molecular weight is 454 g/mol. The molecule has 1 amide bonds. The zero-order chi connectivity index (χ0) is 23.6.